The number of methoxy groups -OCH3 is 1. The fourth-order valence-electron chi connectivity index (χ4n) is 1.41. The van der Waals surface area contributed by atoms with E-state index in [2.05, 4.69) is 10.1 Å². The summed E-state index contributed by atoms with van der Waals surface area (Å²) in [6.07, 6.45) is 0. The van der Waals surface area contributed by atoms with Crippen molar-refractivity contribution in [3.8, 4) is 0 Å². The quantitative estimate of drug-likeness (QED) is 0.712. The van der Waals surface area contributed by atoms with Gasteiger partial charge in [-0.2, -0.15) is 0 Å². The maximum Gasteiger partial charge on any atom is 0.320 e. The van der Waals surface area contributed by atoms with Gasteiger partial charge in [0.2, 0.25) is 0 Å². The third kappa shape index (κ3) is 6.63. The molecule has 0 heterocycles. The Morgan fingerprint density at radius 1 is 1.35 bits per heavy atom. The monoisotopic (exact) mass is 265 g/mol. The lowest BCUT2D eigenvalue weighted by Gasteiger charge is -2.31. The molecule has 0 amide bonds. The third-order valence-corrected chi connectivity index (χ3v) is 4.00. The van der Waals surface area contributed by atoms with Crippen LogP contribution < -0.4 is 5.32 Å². The number of rotatable bonds is 6. The van der Waals surface area contributed by atoms with Crippen LogP contribution in [0.15, 0.2) is 0 Å². The lowest BCUT2D eigenvalue weighted by Crippen LogP contribution is -2.46. The average Bonchev–Trinajstić information content (AvgIpc) is 2.14. The highest BCUT2D eigenvalue weighted by molar-refractivity contribution is 7.92. The molecule has 0 rings (SSSR count). The standard InChI is InChI=1S/C11H23NO4S/c1-6-12-9(11(2,3)4)7-17(14,15)8-10(13)16-5/h9,12H,6-8H2,1-5H3. The van der Waals surface area contributed by atoms with E-state index in [9.17, 15) is 13.2 Å². The maximum absolute atomic E-state index is 11.8. The number of ether oxygens (including phenoxy) is 1. The molecule has 0 radical (unpaired) electrons. The average molecular weight is 265 g/mol. The molecule has 1 N–H and O–H groups in total. The summed E-state index contributed by atoms with van der Waals surface area (Å²) >= 11 is 0. The Hall–Kier alpha value is -0.620. The van der Waals surface area contributed by atoms with Crippen LogP contribution in [0.2, 0.25) is 0 Å². The minimum absolute atomic E-state index is 0.0561. The molecule has 0 aromatic carbocycles. The van der Waals surface area contributed by atoms with Crippen molar-refractivity contribution < 1.29 is 17.9 Å². The molecule has 0 saturated heterocycles. The molecular formula is C11H23NO4S. The summed E-state index contributed by atoms with van der Waals surface area (Å²) in [5.74, 6) is -1.32. The first-order chi connectivity index (χ1) is 7.62. The Bertz CT molecular complexity index is 343. The zero-order chi connectivity index (χ0) is 13.7. The zero-order valence-electron chi connectivity index (χ0n) is 11.2. The minimum Gasteiger partial charge on any atom is -0.468 e. The van der Waals surface area contributed by atoms with Gasteiger partial charge in [0.25, 0.3) is 0 Å². The van der Waals surface area contributed by atoms with Gasteiger partial charge in [0, 0.05) is 6.04 Å². The molecule has 17 heavy (non-hydrogen) atoms. The summed E-state index contributed by atoms with van der Waals surface area (Å²) in [7, 11) is -2.25. The second kappa shape index (κ2) is 6.35. The van der Waals surface area contributed by atoms with Crippen LogP contribution in [0, 0.1) is 5.41 Å². The molecule has 102 valence electrons. The van der Waals surface area contributed by atoms with E-state index < -0.39 is 21.6 Å². The molecule has 0 aliphatic carbocycles. The van der Waals surface area contributed by atoms with Gasteiger partial charge in [-0.15, -0.1) is 0 Å². The summed E-state index contributed by atoms with van der Waals surface area (Å²) in [6.45, 7) is 8.51. The SMILES string of the molecule is CCNC(CS(=O)(=O)CC(=O)OC)C(C)(C)C. The van der Waals surface area contributed by atoms with E-state index in [4.69, 9.17) is 0 Å². The molecule has 0 bridgehead atoms. The van der Waals surface area contributed by atoms with Gasteiger partial charge in [0.05, 0.1) is 12.9 Å². The van der Waals surface area contributed by atoms with Crippen molar-refractivity contribution in [2.24, 2.45) is 5.41 Å². The fourth-order valence-corrected chi connectivity index (χ4v) is 3.13. The first-order valence-corrected chi connectivity index (χ1v) is 7.45. The number of esters is 1. The summed E-state index contributed by atoms with van der Waals surface area (Å²) < 4.78 is 28.0. The second-order valence-corrected chi connectivity index (χ2v) is 7.22. The van der Waals surface area contributed by atoms with E-state index in [0.717, 1.165) is 0 Å². The first-order valence-electron chi connectivity index (χ1n) is 5.63. The predicted octanol–water partition coefficient (Wildman–Crippen LogP) is 0.598. The topological polar surface area (TPSA) is 72.5 Å². The Kier molecular flexibility index (Phi) is 6.12. The number of sulfone groups is 1. The highest BCUT2D eigenvalue weighted by Crippen LogP contribution is 2.20. The van der Waals surface area contributed by atoms with Crippen LogP contribution in [0.5, 0.6) is 0 Å². The third-order valence-electron chi connectivity index (χ3n) is 2.48. The highest BCUT2D eigenvalue weighted by atomic mass is 32.2. The van der Waals surface area contributed by atoms with E-state index in [0.29, 0.717) is 6.54 Å². The fraction of sp³-hybridized carbons (Fsp3) is 0.909. The van der Waals surface area contributed by atoms with Gasteiger partial charge in [-0.25, -0.2) is 8.42 Å². The highest BCUT2D eigenvalue weighted by Gasteiger charge is 2.30. The Morgan fingerprint density at radius 2 is 1.88 bits per heavy atom. The van der Waals surface area contributed by atoms with Crippen molar-refractivity contribution in [3.05, 3.63) is 0 Å². The van der Waals surface area contributed by atoms with Crippen molar-refractivity contribution in [2.45, 2.75) is 33.7 Å². The normalized spacial score (nSPS) is 14.4. The second-order valence-electron chi connectivity index (χ2n) is 5.11. The van der Waals surface area contributed by atoms with Crippen LogP contribution in [-0.2, 0) is 19.4 Å². The minimum atomic E-state index is -3.43. The molecule has 0 aliphatic heterocycles. The van der Waals surface area contributed by atoms with Gasteiger partial charge in [0.1, 0.15) is 5.75 Å². The molecule has 0 saturated carbocycles. The molecule has 0 spiro atoms. The summed E-state index contributed by atoms with van der Waals surface area (Å²) in [6, 6.07) is -0.179. The Morgan fingerprint density at radius 3 is 2.24 bits per heavy atom. The summed E-state index contributed by atoms with van der Waals surface area (Å²) in [5.41, 5.74) is -0.181. The van der Waals surface area contributed by atoms with E-state index >= 15 is 0 Å². The van der Waals surface area contributed by atoms with E-state index in [1.165, 1.54) is 7.11 Å². The Balaban J connectivity index is 4.70. The van der Waals surface area contributed by atoms with Crippen molar-refractivity contribution in [1.82, 2.24) is 5.32 Å². The van der Waals surface area contributed by atoms with Crippen LogP contribution in [0.25, 0.3) is 0 Å². The predicted molar refractivity (Wildman–Crippen MR) is 67.6 cm³/mol. The molecule has 6 heteroatoms. The van der Waals surface area contributed by atoms with Gasteiger partial charge in [0.15, 0.2) is 9.84 Å². The van der Waals surface area contributed by atoms with Crippen LogP contribution in [0.4, 0.5) is 0 Å². The van der Waals surface area contributed by atoms with Gasteiger partial charge in [-0.3, -0.25) is 4.79 Å². The number of hydrogen-bond donors (Lipinski definition) is 1. The van der Waals surface area contributed by atoms with Crippen LogP contribution >= 0.6 is 0 Å². The molecule has 1 atom stereocenters. The number of carbonyl (C=O) groups excluding carboxylic acids is 1. The number of nitrogens with one attached hydrogen (secondary N) is 1. The van der Waals surface area contributed by atoms with Gasteiger partial charge >= 0.3 is 5.97 Å². The Labute approximate surface area is 104 Å². The molecular weight excluding hydrogens is 242 g/mol. The number of carbonyl (C=O) groups is 1. The number of hydrogen-bond acceptors (Lipinski definition) is 5. The lowest BCUT2D eigenvalue weighted by molar-refractivity contribution is -0.137. The van der Waals surface area contributed by atoms with Crippen LogP contribution in [-0.4, -0.2) is 45.6 Å². The summed E-state index contributed by atoms with van der Waals surface area (Å²) in [5, 5.41) is 3.14. The lowest BCUT2D eigenvalue weighted by atomic mass is 9.88. The molecule has 0 aromatic rings. The van der Waals surface area contributed by atoms with E-state index in [-0.39, 0.29) is 17.2 Å². The van der Waals surface area contributed by atoms with Crippen LogP contribution in [0.3, 0.4) is 0 Å². The molecule has 0 fully saturated rings. The molecule has 0 aliphatic rings. The van der Waals surface area contributed by atoms with Gasteiger partial charge in [-0.1, -0.05) is 27.7 Å². The van der Waals surface area contributed by atoms with Crippen molar-refractivity contribution >= 4 is 15.8 Å². The van der Waals surface area contributed by atoms with Crippen molar-refractivity contribution in [2.75, 3.05) is 25.2 Å². The largest absolute Gasteiger partial charge is 0.468 e. The van der Waals surface area contributed by atoms with Crippen LogP contribution in [0.1, 0.15) is 27.7 Å². The van der Waals surface area contributed by atoms with E-state index in [1.54, 1.807) is 0 Å². The zero-order valence-corrected chi connectivity index (χ0v) is 12.1. The van der Waals surface area contributed by atoms with Gasteiger partial charge in [-0.05, 0) is 12.0 Å². The molecule has 5 nitrogen and oxygen atoms in total. The maximum atomic E-state index is 11.8. The van der Waals surface area contributed by atoms with Gasteiger partial charge < -0.3 is 10.1 Å². The van der Waals surface area contributed by atoms with Crippen molar-refractivity contribution in [1.29, 1.82) is 0 Å². The summed E-state index contributed by atoms with van der Waals surface area (Å²) in [4.78, 5) is 11.0. The molecule has 1 unspecified atom stereocenters. The van der Waals surface area contributed by atoms with Crippen molar-refractivity contribution in [3.63, 3.8) is 0 Å². The van der Waals surface area contributed by atoms with E-state index in [1.807, 2.05) is 27.7 Å². The molecule has 0 aromatic heterocycles. The smallest absolute Gasteiger partial charge is 0.320 e. The first kappa shape index (κ1) is 16.4.